The molecule has 0 saturated carbocycles. The Morgan fingerprint density at radius 1 is 1.41 bits per heavy atom. The second-order valence-electron chi connectivity index (χ2n) is 3.33. The summed E-state index contributed by atoms with van der Waals surface area (Å²) >= 11 is 0. The molecule has 2 rings (SSSR count). The topological polar surface area (TPSA) is 85.5 Å². The number of carbonyl (C=O) groups is 1. The summed E-state index contributed by atoms with van der Waals surface area (Å²) in [5.41, 5.74) is 0.912. The first-order chi connectivity index (χ1) is 8.20. The maximum absolute atomic E-state index is 10.7. The SMILES string of the molecule is COCc1nc(-c2ccc(C(=O)O)cc2)no1. The highest BCUT2D eigenvalue weighted by atomic mass is 16.5. The van der Waals surface area contributed by atoms with Gasteiger partial charge in [-0.1, -0.05) is 17.3 Å². The fourth-order valence-electron chi connectivity index (χ4n) is 1.32. The Balaban J connectivity index is 2.23. The molecule has 2 aromatic rings. The summed E-state index contributed by atoms with van der Waals surface area (Å²) in [5.74, 6) is -0.177. The van der Waals surface area contributed by atoms with Gasteiger partial charge in [-0.3, -0.25) is 0 Å². The van der Waals surface area contributed by atoms with E-state index in [1.54, 1.807) is 12.1 Å². The minimum Gasteiger partial charge on any atom is -0.478 e. The number of aromatic nitrogens is 2. The van der Waals surface area contributed by atoms with Crippen molar-refractivity contribution in [2.75, 3.05) is 7.11 Å². The van der Waals surface area contributed by atoms with E-state index in [2.05, 4.69) is 10.1 Å². The molecule has 1 aromatic heterocycles. The van der Waals surface area contributed by atoms with E-state index >= 15 is 0 Å². The molecular formula is C11H10N2O4. The lowest BCUT2D eigenvalue weighted by atomic mass is 10.1. The van der Waals surface area contributed by atoms with Gasteiger partial charge >= 0.3 is 5.97 Å². The van der Waals surface area contributed by atoms with Crippen molar-refractivity contribution in [1.29, 1.82) is 0 Å². The molecule has 0 bridgehead atoms. The summed E-state index contributed by atoms with van der Waals surface area (Å²) in [6.07, 6.45) is 0. The molecule has 88 valence electrons. The molecule has 0 aliphatic carbocycles. The van der Waals surface area contributed by atoms with Crippen LogP contribution in [0.25, 0.3) is 11.4 Å². The number of ether oxygens (including phenoxy) is 1. The third kappa shape index (κ3) is 2.48. The summed E-state index contributed by atoms with van der Waals surface area (Å²) in [6, 6.07) is 6.24. The Kier molecular flexibility index (Phi) is 3.15. The molecule has 0 amide bonds. The molecule has 0 aliphatic heterocycles. The Morgan fingerprint density at radius 2 is 2.12 bits per heavy atom. The van der Waals surface area contributed by atoms with Crippen molar-refractivity contribution in [2.24, 2.45) is 0 Å². The van der Waals surface area contributed by atoms with Gasteiger partial charge in [0, 0.05) is 12.7 Å². The van der Waals surface area contributed by atoms with Crippen LogP contribution < -0.4 is 0 Å². The van der Waals surface area contributed by atoms with Gasteiger partial charge in [0.1, 0.15) is 6.61 Å². The van der Waals surface area contributed by atoms with E-state index in [9.17, 15) is 4.79 Å². The smallest absolute Gasteiger partial charge is 0.335 e. The van der Waals surface area contributed by atoms with Crippen molar-refractivity contribution in [3.05, 3.63) is 35.7 Å². The van der Waals surface area contributed by atoms with Crippen LogP contribution in [0.5, 0.6) is 0 Å². The first kappa shape index (κ1) is 11.3. The van der Waals surface area contributed by atoms with E-state index < -0.39 is 5.97 Å². The van der Waals surface area contributed by atoms with E-state index in [0.29, 0.717) is 17.3 Å². The van der Waals surface area contributed by atoms with Crippen molar-refractivity contribution < 1.29 is 19.2 Å². The molecule has 0 aliphatic rings. The van der Waals surface area contributed by atoms with E-state index in [1.165, 1.54) is 19.2 Å². The lowest BCUT2D eigenvalue weighted by molar-refractivity contribution is 0.0697. The van der Waals surface area contributed by atoms with Gasteiger partial charge < -0.3 is 14.4 Å². The molecule has 0 saturated heterocycles. The molecule has 0 fully saturated rings. The number of rotatable bonds is 4. The van der Waals surface area contributed by atoms with Crippen LogP contribution in [0.15, 0.2) is 28.8 Å². The summed E-state index contributed by atoms with van der Waals surface area (Å²) in [7, 11) is 1.53. The zero-order valence-electron chi connectivity index (χ0n) is 9.08. The van der Waals surface area contributed by atoms with Crippen LogP contribution in [0.1, 0.15) is 16.2 Å². The van der Waals surface area contributed by atoms with Gasteiger partial charge in [0.05, 0.1) is 5.56 Å². The van der Waals surface area contributed by atoms with Gasteiger partial charge in [0.25, 0.3) is 5.89 Å². The van der Waals surface area contributed by atoms with Crippen molar-refractivity contribution in [2.45, 2.75) is 6.61 Å². The summed E-state index contributed by atoms with van der Waals surface area (Å²) in [4.78, 5) is 14.8. The van der Waals surface area contributed by atoms with Gasteiger partial charge in [-0.2, -0.15) is 4.98 Å². The van der Waals surface area contributed by atoms with Crippen LogP contribution in [0.2, 0.25) is 0 Å². The summed E-state index contributed by atoms with van der Waals surface area (Å²) in [5, 5.41) is 12.5. The van der Waals surface area contributed by atoms with Gasteiger partial charge in [-0.25, -0.2) is 4.79 Å². The molecule has 17 heavy (non-hydrogen) atoms. The van der Waals surface area contributed by atoms with Crippen LogP contribution >= 0.6 is 0 Å². The third-order valence-corrected chi connectivity index (χ3v) is 2.13. The first-order valence-corrected chi connectivity index (χ1v) is 4.86. The number of hydrogen-bond acceptors (Lipinski definition) is 5. The lowest BCUT2D eigenvalue weighted by Gasteiger charge is -1.95. The number of benzene rings is 1. The van der Waals surface area contributed by atoms with Crippen molar-refractivity contribution in [1.82, 2.24) is 10.1 Å². The quantitative estimate of drug-likeness (QED) is 0.864. The monoisotopic (exact) mass is 234 g/mol. The predicted octanol–water partition coefficient (Wildman–Crippen LogP) is 1.58. The van der Waals surface area contributed by atoms with Crippen molar-refractivity contribution >= 4 is 5.97 Å². The second-order valence-corrected chi connectivity index (χ2v) is 3.33. The highest BCUT2D eigenvalue weighted by Gasteiger charge is 2.09. The van der Waals surface area contributed by atoms with Crippen LogP contribution in [0.3, 0.4) is 0 Å². The molecule has 6 nitrogen and oxygen atoms in total. The molecule has 1 aromatic carbocycles. The van der Waals surface area contributed by atoms with E-state index in [4.69, 9.17) is 14.4 Å². The van der Waals surface area contributed by atoms with Crippen molar-refractivity contribution in [3.8, 4) is 11.4 Å². The molecule has 6 heteroatoms. The number of aromatic carboxylic acids is 1. The van der Waals surface area contributed by atoms with Gasteiger partial charge in [0.2, 0.25) is 5.82 Å². The highest BCUT2D eigenvalue weighted by Crippen LogP contribution is 2.16. The minimum atomic E-state index is -0.968. The van der Waals surface area contributed by atoms with Crippen LogP contribution in [-0.4, -0.2) is 28.3 Å². The Morgan fingerprint density at radius 3 is 2.71 bits per heavy atom. The molecule has 0 spiro atoms. The average Bonchev–Trinajstić information content (AvgIpc) is 2.78. The first-order valence-electron chi connectivity index (χ1n) is 4.86. The molecule has 0 atom stereocenters. The molecule has 0 unspecified atom stereocenters. The molecule has 1 heterocycles. The number of methoxy groups -OCH3 is 1. The van der Waals surface area contributed by atoms with Gasteiger partial charge in [0.15, 0.2) is 0 Å². The zero-order chi connectivity index (χ0) is 12.3. The Labute approximate surface area is 96.8 Å². The molecular weight excluding hydrogens is 224 g/mol. The largest absolute Gasteiger partial charge is 0.478 e. The van der Waals surface area contributed by atoms with Crippen LogP contribution in [-0.2, 0) is 11.3 Å². The van der Waals surface area contributed by atoms with Gasteiger partial charge in [-0.05, 0) is 12.1 Å². The molecule has 1 N–H and O–H groups in total. The average molecular weight is 234 g/mol. The highest BCUT2D eigenvalue weighted by molar-refractivity contribution is 5.88. The lowest BCUT2D eigenvalue weighted by Crippen LogP contribution is -1.95. The summed E-state index contributed by atoms with van der Waals surface area (Å²) in [6.45, 7) is 0.250. The number of carboxylic acid groups (broad SMARTS) is 1. The predicted molar refractivity (Wildman–Crippen MR) is 57.4 cm³/mol. The van der Waals surface area contributed by atoms with Crippen LogP contribution in [0.4, 0.5) is 0 Å². The maximum atomic E-state index is 10.7. The fourth-order valence-corrected chi connectivity index (χ4v) is 1.32. The van der Waals surface area contributed by atoms with E-state index in [0.717, 1.165) is 0 Å². The Hall–Kier alpha value is -2.21. The Bertz CT molecular complexity index is 519. The normalized spacial score (nSPS) is 10.4. The van der Waals surface area contributed by atoms with Crippen molar-refractivity contribution in [3.63, 3.8) is 0 Å². The van der Waals surface area contributed by atoms with Gasteiger partial charge in [-0.15, -0.1) is 0 Å². The summed E-state index contributed by atoms with van der Waals surface area (Å²) < 4.78 is 9.79. The number of hydrogen-bond donors (Lipinski definition) is 1. The van der Waals surface area contributed by atoms with E-state index in [1.807, 2.05) is 0 Å². The zero-order valence-corrected chi connectivity index (χ0v) is 9.08. The number of nitrogens with zero attached hydrogens (tertiary/aromatic N) is 2. The standard InChI is InChI=1S/C11H10N2O4/c1-16-6-9-12-10(13-17-9)7-2-4-8(5-3-7)11(14)15/h2-5H,6H2,1H3,(H,14,15). The third-order valence-electron chi connectivity index (χ3n) is 2.13. The number of carboxylic acids is 1. The second kappa shape index (κ2) is 4.75. The minimum absolute atomic E-state index is 0.217. The van der Waals surface area contributed by atoms with E-state index in [-0.39, 0.29) is 12.2 Å². The maximum Gasteiger partial charge on any atom is 0.335 e. The van der Waals surface area contributed by atoms with Crippen LogP contribution in [0, 0.1) is 0 Å². The molecule has 0 radical (unpaired) electrons. The fraction of sp³-hybridized carbons (Fsp3) is 0.182.